The number of hydrogen-bond acceptors (Lipinski definition) is 2. The molecule has 2 bridgehead atoms. The summed E-state index contributed by atoms with van der Waals surface area (Å²) in [5.41, 5.74) is 0. The van der Waals surface area contributed by atoms with E-state index >= 15 is 0 Å². The second-order valence-corrected chi connectivity index (χ2v) is 2.92. The summed E-state index contributed by atoms with van der Waals surface area (Å²) in [7, 11) is 0. The minimum absolute atomic E-state index is 0.0532. The Morgan fingerprint density at radius 1 is 1.44 bits per heavy atom. The van der Waals surface area contributed by atoms with Crippen LogP contribution in [0.15, 0.2) is 0 Å². The average molecular weight is 126 g/mol. The van der Waals surface area contributed by atoms with Crippen molar-refractivity contribution in [3.05, 3.63) is 0 Å². The van der Waals surface area contributed by atoms with Crippen LogP contribution in [0.4, 0.5) is 0 Å². The van der Waals surface area contributed by atoms with Crippen molar-refractivity contribution in [1.29, 1.82) is 0 Å². The molecule has 0 amide bonds. The first-order valence-corrected chi connectivity index (χ1v) is 3.57. The number of fused-ring (bicyclic) bond motifs is 2. The molecule has 0 aromatic carbocycles. The highest BCUT2D eigenvalue weighted by Gasteiger charge is 2.37. The molecule has 0 spiro atoms. The maximum atomic E-state index is 10.8. The first-order chi connectivity index (χ1) is 4.36. The molecule has 0 radical (unpaired) electrons. The number of rotatable bonds is 0. The SMILES string of the molecule is O=C1O[C@H]2CCC[C@H]1C2. The molecule has 1 heterocycles. The molecule has 9 heavy (non-hydrogen) atoms. The third kappa shape index (κ3) is 0.732. The Labute approximate surface area is 54.2 Å². The lowest BCUT2D eigenvalue weighted by atomic mass is 9.90. The van der Waals surface area contributed by atoms with Gasteiger partial charge in [-0.2, -0.15) is 0 Å². The summed E-state index contributed by atoms with van der Waals surface area (Å²) < 4.78 is 5.05. The van der Waals surface area contributed by atoms with Gasteiger partial charge in [-0.15, -0.1) is 0 Å². The van der Waals surface area contributed by atoms with E-state index in [9.17, 15) is 4.79 Å². The van der Waals surface area contributed by atoms with Crippen molar-refractivity contribution in [2.45, 2.75) is 31.8 Å². The van der Waals surface area contributed by atoms with Gasteiger partial charge in [-0.1, -0.05) is 0 Å². The largest absolute Gasteiger partial charge is 0.462 e. The summed E-state index contributed by atoms with van der Waals surface area (Å²) in [6, 6.07) is 0. The summed E-state index contributed by atoms with van der Waals surface area (Å²) in [6.07, 6.45) is 4.63. The maximum absolute atomic E-state index is 10.8. The van der Waals surface area contributed by atoms with Gasteiger partial charge in [0.2, 0.25) is 0 Å². The van der Waals surface area contributed by atoms with E-state index in [1.165, 1.54) is 6.42 Å². The third-order valence-corrected chi connectivity index (χ3v) is 2.24. The van der Waals surface area contributed by atoms with Crippen LogP contribution >= 0.6 is 0 Å². The number of esters is 1. The predicted molar refractivity (Wildman–Crippen MR) is 31.8 cm³/mol. The van der Waals surface area contributed by atoms with Crippen LogP contribution in [0.5, 0.6) is 0 Å². The number of ether oxygens (including phenoxy) is 1. The smallest absolute Gasteiger partial charge is 0.309 e. The molecule has 50 valence electrons. The minimum atomic E-state index is 0.0532. The molecule has 2 atom stereocenters. The summed E-state index contributed by atoms with van der Waals surface area (Å²) in [5.74, 6) is 0.321. The van der Waals surface area contributed by atoms with Crippen molar-refractivity contribution >= 4 is 5.97 Å². The minimum Gasteiger partial charge on any atom is -0.462 e. The van der Waals surface area contributed by atoms with Crippen LogP contribution in [0, 0.1) is 5.92 Å². The van der Waals surface area contributed by atoms with Gasteiger partial charge >= 0.3 is 5.97 Å². The van der Waals surface area contributed by atoms with Crippen molar-refractivity contribution in [3.63, 3.8) is 0 Å². The van der Waals surface area contributed by atoms with E-state index in [1.807, 2.05) is 0 Å². The van der Waals surface area contributed by atoms with Crippen LogP contribution < -0.4 is 0 Å². The molecular weight excluding hydrogens is 116 g/mol. The zero-order valence-electron chi connectivity index (χ0n) is 5.30. The Morgan fingerprint density at radius 3 is 3.00 bits per heavy atom. The molecule has 0 aromatic heterocycles. The fourth-order valence-electron chi connectivity index (χ4n) is 1.73. The first-order valence-electron chi connectivity index (χ1n) is 3.57. The molecule has 0 aromatic rings. The molecule has 1 saturated carbocycles. The van der Waals surface area contributed by atoms with Crippen LogP contribution in [0.2, 0.25) is 0 Å². The Hall–Kier alpha value is -0.530. The Balaban J connectivity index is 2.15. The molecule has 2 aliphatic rings. The van der Waals surface area contributed by atoms with Gasteiger partial charge in [-0.05, 0) is 25.7 Å². The van der Waals surface area contributed by atoms with E-state index in [0.717, 1.165) is 19.3 Å². The molecular formula is C7H10O2. The lowest BCUT2D eigenvalue weighted by Crippen LogP contribution is -2.10. The predicted octanol–water partition coefficient (Wildman–Crippen LogP) is 1.10. The van der Waals surface area contributed by atoms with Crippen LogP contribution in [-0.2, 0) is 9.53 Å². The van der Waals surface area contributed by atoms with Crippen molar-refractivity contribution in [3.8, 4) is 0 Å². The fourth-order valence-corrected chi connectivity index (χ4v) is 1.73. The molecule has 1 aliphatic heterocycles. The van der Waals surface area contributed by atoms with Crippen molar-refractivity contribution in [1.82, 2.24) is 0 Å². The molecule has 2 nitrogen and oxygen atoms in total. The van der Waals surface area contributed by atoms with E-state index in [0.29, 0.717) is 0 Å². The van der Waals surface area contributed by atoms with Crippen molar-refractivity contribution in [2.24, 2.45) is 5.92 Å². The lowest BCUT2D eigenvalue weighted by Gasteiger charge is -2.12. The Morgan fingerprint density at radius 2 is 2.33 bits per heavy atom. The van der Waals surface area contributed by atoms with Gasteiger partial charge in [0.25, 0.3) is 0 Å². The van der Waals surface area contributed by atoms with Gasteiger partial charge in [0.15, 0.2) is 0 Å². The monoisotopic (exact) mass is 126 g/mol. The number of carbonyl (C=O) groups is 1. The van der Waals surface area contributed by atoms with E-state index in [-0.39, 0.29) is 18.0 Å². The van der Waals surface area contributed by atoms with Gasteiger partial charge in [0.1, 0.15) is 6.10 Å². The zero-order chi connectivity index (χ0) is 6.27. The van der Waals surface area contributed by atoms with E-state index < -0.39 is 0 Å². The van der Waals surface area contributed by atoms with Crippen LogP contribution in [0.25, 0.3) is 0 Å². The maximum Gasteiger partial charge on any atom is 0.309 e. The second-order valence-electron chi connectivity index (χ2n) is 2.92. The quantitative estimate of drug-likeness (QED) is 0.454. The summed E-state index contributed by atoms with van der Waals surface area (Å²) in [6.45, 7) is 0. The second kappa shape index (κ2) is 1.72. The molecule has 0 unspecified atom stereocenters. The van der Waals surface area contributed by atoms with Gasteiger partial charge < -0.3 is 4.74 Å². The Kier molecular flexibility index (Phi) is 1.01. The molecule has 1 saturated heterocycles. The third-order valence-electron chi connectivity index (χ3n) is 2.24. The number of hydrogen-bond donors (Lipinski definition) is 0. The van der Waals surface area contributed by atoms with Gasteiger partial charge in [-0.25, -0.2) is 0 Å². The molecule has 2 rings (SSSR count). The first kappa shape index (κ1) is 5.27. The van der Waals surface area contributed by atoms with E-state index in [2.05, 4.69) is 0 Å². The molecule has 2 heteroatoms. The van der Waals surface area contributed by atoms with Crippen molar-refractivity contribution < 1.29 is 9.53 Å². The standard InChI is InChI=1S/C7H10O2/c8-7-5-2-1-3-6(4-5)9-7/h5-6H,1-4H2/t5-,6-/m0/s1. The highest BCUT2D eigenvalue weighted by atomic mass is 16.6. The van der Waals surface area contributed by atoms with Gasteiger partial charge in [-0.3, -0.25) is 4.79 Å². The van der Waals surface area contributed by atoms with E-state index in [1.54, 1.807) is 0 Å². The average Bonchev–Trinajstić information content (AvgIpc) is 2.09. The highest BCUT2D eigenvalue weighted by Crippen LogP contribution is 2.33. The summed E-state index contributed by atoms with van der Waals surface area (Å²) in [5, 5.41) is 0. The Bertz CT molecular complexity index is 142. The zero-order valence-corrected chi connectivity index (χ0v) is 5.30. The lowest BCUT2D eigenvalue weighted by molar-refractivity contribution is -0.143. The number of carbonyl (C=O) groups excluding carboxylic acids is 1. The molecule has 0 N–H and O–H groups in total. The van der Waals surface area contributed by atoms with E-state index in [4.69, 9.17) is 4.74 Å². The summed E-state index contributed by atoms with van der Waals surface area (Å²) in [4.78, 5) is 10.8. The van der Waals surface area contributed by atoms with Crippen LogP contribution in [0.1, 0.15) is 25.7 Å². The van der Waals surface area contributed by atoms with Crippen LogP contribution in [-0.4, -0.2) is 12.1 Å². The molecule has 1 aliphatic carbocycles. The van der Waals surface area contributed by atoms with Crippen molar-refractivity contribution in [2.75, 3.05) is 0 Å². The van der Waals surface area contributed by atoms with Gasteiger partial charge in [0.05, 0.1) is 5.92 Å². The van der Waals surface area contributed by atoms with Gasteiger partial charge in [0, 0.05) is 0 Å². The topological polar surface area (TPSA) is 26.3 Å². The molecule has 2 fully saturated rings. The fraction of sp³-hybridized carbons (Fsp3) is 0.857. The van der Waals surface area contributed by atoms with Crippen LogP contribution in [0.3, 0.4) is 0 Å². The highest BCUT2D eigenvalue weighted by molar-refractivity contribution is 5.74. The summed E-state index contributed by atoms with van der Waals surface area (Å²) >= 11 is 0. The normalized spacial score (nSPS) is 40.7.